The molecule has 0 radical (unpaired) electrons. The monoisotopic (exact) mass is 406 g/mol. The second kappa shape index (κ2) is 7.03. The van der Waals surface area contributed by atoms with Crippen molar-refractivity contribution in [3.8, 4) is 0 Å². The van der Waals surface area contributed by atoms with E-state index in [1.807, 2.05) is 6.07 Å². The van der Waals surface area contributed by atoms with Gasteiger partial charge in [0.05, 0.1) is 17.4 Å². The fraction of sp³-hybridized carbons (Fsp3) is 0.130. The van der Waals surface area contributed by atoms with Crippen molar-refractivity contribution in [3.63, 3.8) is 0 Å². The van der Waals surface area contributed by atoms with E-state index in [1.165, 1.54) is 29.3 Å². The SMILES string of the molecule is O=C1[C@H]2[C@H](ON(c3ccccc3)[C@H]2c2ccccc2F)C(=O)N1c1cccc(F)c1. The lowest BCUT2D eigenvalue weighted by Crippen LogP contribution is -2.37. The number of amides is 2. The molecule has 2 aliphatic rings. The lowest BCUT2D eigenvalue weighted by molar-refractivity contribution is -0.126. The van der Waals surface area contributed by atoms with Crippen molar-refractivity contribution in [2.24, 2.45) is 5.92 Å². The van der Waals surface area contributed by atoms with Crippen LogP contribution in [0.4, 0.5) is 20.2 Å². The maximum absolute atomic E-state index is 14.7. The first-order valence-corrected chi connectivity index (χ1v) is 9.45. The first-order valence-electron chi connectivity index (χ1n) is 9.45. The molecule has 5 rings (SSSR count). The van der Waals surface area contributed by atoms with Crippen molar-refractivity contribution in [1.29, 1.82) is 0 Å². The zero-order valence-corrected chi connectivity index (χ0v) is 15.6. The molecule has 0 unspecified atom stereocenters. The molecule has 0 spiro atoms. The van der Waals surface area contributed by atoms with E-state index in [-0.39, 0.29) is 11.3 Å². The summed E-state index contributed by atoms with van der Waals surface area (Å²) in [7, 11) is 0. The lowest BCUT2D eigenvalue weighted by Gasteiger charge is -2.29. The number of hydroxylamine groups is 1. The van der Waals surface area contributed by atoms with Gasteiger partial charge in [-0.3, -0.25) is 14.4 Å². The van der Waals surface area contributed by atoms with Crippen LogP contribution < -0.4 is 9.96 Å². The fourth-order valence-electron chi connectivity index (χ4n) is 4.11. The number of halogens is 2. The summed E-state index contributed by atoms with van der Waals surface area (Å²) < 4.78 is 28.4. The zero-order valence-electron chi connectivity index (χ0n) is 15.6. The van der Waals surface area contributed by atoms with Crippen LogP contribution in [0.25, 0.3) is 0 Å². The largest absolute Gasteiger partial charge is 0.273 e. The molecule has 2 aliphatic heterocycles. The molecule has 2 saturated heterocycles. The molecule has 0 aromatic heterocycles. The zero-order chi connectivity index (χ0) is 20.8. The van der Waals surface area contributed by atoms with E-state index in [2.05, 4.69) is 0 Å². The average molecular weight is 406 g/mol. The Morgan fingerprint density at radius 1 is 0.767 bits per heavy atom. The quantitative estimate of drug-likeness (QED) is 0.617. The van der Waals surface area contributed by atoms with Gasteiger partial charge in [0.1, 0.15) is 17.6 Å². The summed E-state index contributed by atoms with van der Waals surface area (Å²) in [5, 5.41) is 1.42. The summed E-state index contributed by atoms with van der Waals surface area (Å²) in [6, 6.07) is 19.4. The van der Waals surface area contributed by atoms with Crippen LogP contribution in [0, 0.1) is 17.6 Å². The third-order valence-corrected chi connectivity index (χ3v) is 5.42. The summed E-state index contributed by atoms with van der Waals surface area (Å²) in [6.45, 7) is 0. The molecule has 2 amide bonds. The Morgan fingerprint density at radius 3 is 2.20 bits per heavy atom. The summed E-state index contributed by atoms with van der Waals surface area (Å²) >= 11 is 0. The number of nitrogens with zero attached hydrogens (tertiary/aromatic N) is 2. The predicted octanol–water partition coefficient (Wildman–Crippen LogP) is 4.02. The molecule has 2 fully saturated rings. The third kappa shape index (κ3) is 2.78. The standard InChI is InChI=1S/C23H16F2N2O3/c24-14-7-6-10-16(13-14)26-22(28)19-20(17-11-4-5-12-18(17)25)27(30-21(19)23(26)29)15-8-2-1-3-9-15/h1-13,19-21H/t19-,20+,21+/m1/s1. The molecule has 3 aromatic carbocycles. The first kappa shape index (κ1) is 18.4. The number of imide groups is 1. The predicted molar refractivity (Wildman–Crippen MR) is 105 cm³/mol. The minimum Gasteiger partial charge on any atom is -0.273 e. The van der Waals surface area contributed by atoms with E-state index in [4.69, 9.17) is 4.84 Å². The van der Waals surface area contributed by atoms with Gasteiger partial charge in [0.15, 0.2) is 6.10 Å². The molecule has 7 heteroatoms. The Kier molecular flexibility index (Phi) is 4.33. The van der Waals surface area contributed by atoms with Crippen LogP contribution in [0.2, 0.25) is 0 Å². The number of hydrogen-bond acceptors (Lipinski definition) is 4. The molecule has 0 saturated carbocycles. The van der Waals surface area contributed by atoms with Gasteiger partial charge >= 0.3 is 0 Å². The number of rotatable bonds is 3. The maximum Gasteiger partial charge on any atom is 0.266 e. The smallest absolute Gasteiger partial charge is 0.266 e. The summed E-state index contributed by atoms with van der Waals surface area (Å²) in [4.78, 5) is 33.3. The van der Waals surface area contributed by atoms with Crippen molar-refractivity contribution in [1.82, 2.24) is 0 Å². The average Bonchev–Trinajstić information content (AvgIpc) is 3.25. The van der Waals surface area contributed by atoms with Crippen molar-refractivity contribution in [3.05, 3.63) is 96.1 Å². The fourth-order valence-corrected chi connectivity index (χ4v) is 4.11. The summed E-state index contributed by atoms with van der Waals surface area (Å²) in [5.41, 5.74) is 0.968. The van der Waals surface area contributed by atoms with Crippen LogP contribution in [0.15, 0.2) is 78.9 Å². The molecule has 0 bridgehead atoms. The Labute approximate surface area is 171 Å². The van der Waals surface area contributed by atoms with Crippen LogP contribution in [-0.2, 0) is 14.4 Å². The molecule has 3 aromatic rings. The maximum atomic E-state index is 14.7. The van der Waals surface area contributed by atoms with Gasteiger partial charge in [-0.15, -0.1) is 0 Å². The molecule has 30 heavy (non-hydrogen) atoms. The molecular weight excluding hydrogens is 390 g/mol. The highest BCUT2D eigenvalue weighted by molar-refractivity contribution is 6.23. The number of carbonyl (C=O) groups is 2. The third-order valence-electron chi connectivity index (χ3n) is 5.42. The van der Waals surface area contributed by atoms with Gasteiger partial charge in [-0.05, 0) is 36.4 Å². The Morgan fingerprint density at radius 2 is 1.47 bits per heavy atom. The molecule has 2 heterocycles. The number of anilines is 2. The van der Waals surface area contributed by atoms with E-state index in [0.29, 0.717) is 5.69 Å². The van der Waals surface area contributed by atoms with Gasteiger partial charge < -0.3 is 0 Å². The Balaban J connectivity index is 1.61. The van der Waals surface area contributed by atoms with Gasteiger partial charge in [-0.1, -0.05) is 42.5 Å². The lowest BCUT2D eigenvalue weighted by atomic mass is 9.90. The Bertz CT molecular complexity index is 1140. The second-order valence-corrected chi connectivity index (χ2v) is 7.17. The van der Waals surface area contributed by atoms with E-state index < -0.39 is 41.5 Å². The molecular formula is C23H16F2N2O3. The molecule has 3 atom stereocenters. The van der Waals surface area contributed by atoms with Gasteiger partial charge in [0, 0.05) is 5.56 Å². The highest BCUT2D eigenvalue weighted by Gasteiger charge is 2.60. The number of para-hydroxylation sites is 1. The highest BCUT2D eigenvalue weighted by atomic mass is 19.1. The van der Waals surface area contributed by atoms with Gasteiger partial charge in [-0.25, -0.2) is 18.7 Å². The van der Waals surface area contributed by atoms with Crippen LogP contribution in [0.5, 0.6) is 0 Å². The molecule has 0 N–H and O–H groups in total. The van der Waals surface area contributed by atoms with E-state index in [1.54, 1.807) is 42.5 Å². The first-order chi connectivity index (χ1) is 14.6. The van der Waals surface area contributed by atoms with Gasteiger partial charge in [-0.2, -0.15) is 0 Å². The minimum atomic E-state index is -1.13. The number of fused-ring (bicyclic) bond motifs is 1. The topological polar surface area (TPSA) is 49.9 Å². The molecule has 150 valence electrons. The van der Waals surface area contributed by atoms with E-state index in [9.17, 15) is 18.4 Å². The van der Waals surface area contributed by atoms with Crippen LogP contribution in [0.1, 0.15) is 11.6 Å². The number of carbonyl (C=O) groups excluding carboxylic acids is 2. The van der Waals surface area contributed by atoms with Crippen molar-refractivity contribution in [2.75, 3.05) is 9.96 Å². The van der Waals surface area contributed by atoms with Gasteiger partial charge in [0.25, 0.3) is 5.91 Å². The van der Waals surface area contributed by atoms with E-state index in [0.717, 1.165) is 11.0 Å². The number of benzene rings is 3. The second-order valence-electron chi connectivity index (χ2n) is 7.17. The van der Waals surface area contributed by atoms with Crippen LogP contribution in [-0.4, -0.2) is 17.9 Å². The minimum absolute atomic E-state index is 0.126. The normalized spacial score (nSPS) is 23.2. The van der Waals surface area contributed by atoms with E-state index >= 15 is 0 Å². The van der Waals surface area contributed by atoms with Crippen molar-refractivity contribution < 1.29 is 23.2 Å². The molecule has 0 aliphatic carbocycles. The highest BCUT2D eigenvalue weighted by Crippen LogP contribution is 2.48. The summed E-state index contributed by atoms with van der Waals surface area (Å²) in [5.74, 6) is -3.20. The molecule has 5 nitrogen and oxygen atoms in total. The van der Waals surface area contributed by atoms with Crippen molar-refractivity contribution in [2.45, 2.75) is 12.1 Å². The van der Waals surface area contributed by atoms with Crippen molar-refractivity contribution >= 4 is 23.2 Å². The summed E-state index contributed by atoms with van der Waals surface area (Å²) in [6.07, 6.45) is -1.13. The van der Waals surface area contributed by atoms with Crippen LogP contribution in [0.3, 0.4) is 0 Å². The van der Waals surface area contributed by atoms with Crippen LogP contribution >= 0.6 is 0 Å². The van der Waals surface area contributed by atoms with Gasteiger partial charge in [0.2, 0.25) is 5.91 Å². The number of hydrogen-bond donors (Lipinski definition) is 0. The Hall–Kier alpha value is -3.58.